The van der Waals surface area contributed by atoms with Crippen LogP contribution >= 0.6 is 11.8 Å². The minimum absolute atomic E-state index is 0.155. The largest absolute Gasteiger partial charge is 0.493 e. The van der Waals surface area contributed by atoms with Crippen LogP contribution in [0.2, 0.25) is 0 Å². The Labute approximate surface area is 168 Å². The Morgan fingerprint density at radius 2 is 1.89 bits per heavy atom. The van der Waals surface area contributed by atoms with E-state index in [1.807, 2.05) is 6.07 Å². The van der Waals surface area contributed by atoms with Crippen LogP contribution in [-0.4, -0.2) is 36.1 Å². The van der Waals surface area contributed by atoms with Crippen molar-refractivity contribution in [2.75, 3.05) is 19.5 Å². The molecule has 1 heterocycles. The average Bonchev–Trinajstić information content (AvgIpc) is 2.67. The number of pyridine rings is 1. The van der Waals surface area contributed by atoms with Crippen LogP contribution in [0.4, 0.5) is 5.69 Å². The first-order valence-corrected chi connectivity index (χ1v) is 9.30. The maximum atomic E-state index is 12.6. The number of hydrogen-bond donors (Lipinski definition) is 1. The summed E-state index contributed by atoms with van der Waals surface area (Å²) >= 11 is 1.16. The Kier molecular flexibility index (Phi) is 7.01. The van der Waals surface area contributed by atoms with E-state index in [-0.39, 0.29) is 17.3 Å². The van der Waals surface area contributed by atoms with E-state index < -0.39 is 5.25 Å². The van der Waals surface area contributed by atoms with Crippen LogP contribution in [0.3, 0.4) is 0 Å². The lowest BCUT2D eigenvalue weighted by Crippen LogP contribution is -2.22. The highest BCUT2D eigenvalue weighted by Gasteiger charge is 2.20. The van der Waals surface area contributed by atoms with Gasteiger partial charge in [-0.25, -0.2) is 4.98 Å². The fourth-order valence-corrected chi connectivity index (χ4v) is 3.41. The van der Waals surface area contributed by atoms with Gasteiger partial charge < -0.3 is 14.8 Å². The zero-order valence-corrected chi connectivity index (χ0v) is 17.1. The number of aryl methyl sites for hydroxylation is 1. The average molecular weight is 399 g/mol. The topological polar surface area (TPSA) is 101 Å². The van der Waals surface area contributed by atoms with Gasteiger partial charge in [-0.05, 0) is 39.0 Å². The Bertz CT molecular complexity index is 953. The number of rotatable bonds is 7. The van der Waals surface area contributed by atoms with Gasteiger partial charge in [-0.1, -0.05) is 11.8 Å². The van der Waals surface area contributed by atoms with Crippen molar-refractivity contribution in [1.82, 2.24) is 4.98 Å². The van der Waals surface area contributed by atoms with Crippen molar-refractivity contribution in [1.29, 1.82) is 5.26 Å². The Hall–Kier alpha value is -3.05. The van der Waals surface area contributed by atoms with Gasteiger partial charge in [0.05, 0.1) is 25.0 Å². The molecule has 2 rings (SSSR count). The number of thioether (sulfide) groups is 1. The SMILES string of the molecule is COc1ccc(NC(=O)C(C)Sc2nc(C)c(C(C)=O)cc2C#N)cc1OC. The van der Waals surface area contributed by atoms with Gasteiger partial charge in [-0.2, -0.15) is 5.26 Å². The molecule has 0 radical (unpaired) electrons. The van der Waals surface area contributed by atoms with Gasteiger partial charge in [0, 0.05) is 23.0 Å². The van der Waals surface area contributed by atoms with Gasteiger partial charge in [0.25, 0.3) is 0 Å². The second-order valence-corrected chi connectivity index (χ2v) is 7.29. The third-order valence-corrected chi connectivity index (χ3v) is 5.09. The standard InChI is InChI=1S/C20H21N3O4S/c1-11-16(12(2)24)8-14(10-21)20(22-11)28-13(3)19(25)23-15-6-7-17(26-4)18(9-15)27-5/h6-9,13H,1-5H3,(H,23,25). The highest BCUT2D eigenvalue weighted by Crippen LogP contribution is 2.31. The summed E-state index contributed by atoms with van der Waals surface area (Å²) in [5, 5.41) is 12.1. The number of anilines is 1. The van der Waals surface area contributed by atoms with Crippen LogP contribution in [0, 0.1) is 18.3 Å². The predicted molar refractivity (Wildman–Crippen MR) is 107 cm³/mol. The van der Waals surface area contributed by atoms with Crippen molar-refractivity contribution in [3.8, 4) is 17.6 Å². The van der Waals surface area contributed by atoms with Crippen molar-refractivity contribution in [3.63, 3.8) is 0 Å². The number of carbonyl (C=O) groups is 2. The molecule has 1 amide bonds. The third-order valence-electron chi connectivity index (χ3n) is 3.99. The molecule has 0 fully saturated rings. The smallest absolute Gasteiger partial charge is 0.237 e. The number of hydrogen-bond acceptors (Lipinski definition) is 7. The molecule has 0 aliphatic rings. The maximum absolute atomic E-state index is 12.6. The van der Waals surface area contributed by atoms with E-state index in [0.29, 0.717) is 33.5 Å². The Morgan fingerprint density at radius 3 is 2.46 bits per heavy atom. The predicted octanol–water partition coefficient (Wildman–Crippen LogP) is 3.60. The summed E-state index contributed by atoms with van der Waals surface area (Å²) in [5.41, 5.74) is 1.77. The highest BCUT2D eigenvalue weighted by molar-refractivity contribution is 8.00. The van der Waals surface area contributed by atoms with Crippen molar-refractivity contribution in [2.24, 2.45) is 0 Å². The molecule has 1 unspecified atom stereocenters. The van der Waals surface area contributed by atoms with E-state index in [4.69, 9.17) is 9.47 Å². The molecule has 8 heteroatoms. The minimum atomic E-state index is -0.518. The zero-order valence-electron chi connectivity index (χ0n) is 16.3. The first kappa shape index (κ1) is 21.3. The molecule has 146 valence electrons. The quantitative estimate of drug-likeness (QED) is 0.561. The summed E-state index contributed by atoms with van der Waals surface area (Å²) in [6.45, 7) is 4.85. The lowest BCUT2D eigenvalue weighted by atomic mass is 10.1. The van der Waals surface area contributed by atoms with E-state index >= 15 is 0 Å². The Balaban J connectivity index is 2.18. The number of carbonyl (C=O) groups excluding carboxylic acids is 2. The number of amides is 1. The summed E-state index contributed by atoms with van der Waals surface area (Å²) in [4.78, 5) is 28.5. The van der Waals surface area contributed by atoms with E-state index in [1.54, 1.807) is 32.0 Å². The number of aromatic nitrogens is 1. The molecule has 0 aliphatic heterocycles. The van der Waals surface area contributed by atoms with Gasteiger partial charge in [0.2, 0.25) is 5.91 Å². The van der Waals surface area contributed by atoms with Crippen LogP contribution in [0.5, 0.6) is 11.5 Å². The highest BCUT2D eigenvalue weighted by atomic mass is 32.2. The second kappa shape index (κ2) is 9.24. The minimum Gasteiger partial charge on any atom is -0.493 e. The lowest BCUT2D eigenvalue weighted by molar-refractivity contribution is -0.115. The molecule has 0 aliphatic carbocycles. The van der Waals surface area contributed by atoms with Crippen molar-refractivity contribution in [3.05, 3.63) is 41.1 Å². The van der Waals surface area contributed by atoms with Gasteiger partial charge in [-0.15, -0.1) is 0 Å². The van der Waals surface area contributed by atoms with E-state index in [9.17, 15) is 14.9 Å². The van der Waals surface area contributed by atoms with Crippen LogP contribution in [0.15, 0.2) is 29.3 Å². The number of methoxy groups -OCH3 is 2. The summed E-state index contributed by atoms with van der Waals surface area (Å²) < 4.78 is 10.4. The molecule has 7 nitrogen and oxygen atoms in total. The molecule has 2 aromatic rings. The van der Waals surface area contributed by atoms with Crippen molar-refractivity contribution >= 4 is 29.1 Å². The zero-order chi connectivity index (χ0) is 20.8. The second-order valence-electron chi connectivity index (χ2n) is 5.96. The number of nitriles is 1. The molecule has 0 bridgehead atoms. The first-order valence-electron chi connectivity index (χ1n) is 8.43. The van der Waals surface area contributed by atoms with Gasteiger partial charge in [-0.3, -0.25) is 9.59 Å². The molecule has 0 saturated heterocycles. The van der Waals surface area contributed by atoms with Gasteiger partial charge in [0.1, 0.15) is 11.1 Å². The fraction of sp³-hybridized carbons (Fsp3) is 0.300. The summed E-state index contributed by atoms with van der Waals surface area (Å²) in [7, 11) is 3.05. The third kappa shape index (κ3) is 4.81. The van der Waals surface area contributed by atoms with Crippen LogP contribution in [0.25, 0.3) is 0 Å². The maximum Gasteiger partial charge on any atom is 0.237 e. The molecule has 1 aromatic carbocycles. The lowest BCUT2D eigenvalue weighted by Gasteiger charge is -2.15. The normalized spacial score (nSPS) is 11.3. The summed E-state index contributed by atoms with van der Waals surface area (Å²) in [6.07, 6.45) is 0. The Morgan fingerprint density at radius 1 is 1.21 bits per heavy atom. The summed E-state index contributed by atoms with van der Waals surface area (Å²) in [5.74, 6) is 0.657. The molecular weight excluding hydrogens is 378 g/mol. The molecule has 1 aromatic heterocycles. The molecular formula is C20H21N3O4S. The van der Waals surface area contributed by atoms with Gasteiger partial charge in [0.15, 0.2) is 17.3 Å². The van der Waals surface area contributed by atoms with Crippen molar-refractivity contribution < 1.29 is 19.1 Å². The number of ether oxygens (including phenoxy) is 2. The first-order chi connectivity index (χ1) is 13.3. The molecule has 28 heavy (non-hydrogen) atoms. The van der Waals surface area contributed by atoms with Crippen LogP contribution < -0.4 is 14.8 Å². The van der Waals surface area contributed by atoms with E-state index in [1.165, 1.54) is 27.2 Å². The fourth-order valence-electron chi connectivity index (χ4n) is 2.49. The van der Waals surface area contributed by atoms with Crippen LogP contribution in [0.1, 0.15) is 35.5 Å². The molecule has 1 atom stereocenters. The molecule has 1 N–H and O–H groups in total. The molecule has 0 saturated carbocycles. The summed E-state index contributed by atoms with van der Waals surface area (Å²) in [6, 6.07) is 8.64. The number of nitrogens with zero attached hydrogens (tertiary/aromatic N) is 2. The van der Waals surface area contributed by atoms with E-state index in [2.05, 4.69) is 10.3 Å². The number of nitrogens with one attached hydrogen (secondary N) is 1. The number of Topliss-reactive ketones (excluding diaryl/α,β-unsaturated/α-hetero) is 1. The number of ketones is 1. The van der Waals surface area contributed by atoms with Crippen LogP contribution in [-0.2, 0) is 4.79 Å². The van der Waals surface area contributed by atoms with E-state index in [0.717, 1.165) is 11.8 Å². The monoisotopic (exact) mass is 399 g/mol. The molecule has 0 spiro atoms. The van der Waals surface area contributed by atoms with Gasteiger partial charge >= 0.3 is 0 Å². The number of benzene rings is 1. The van der Waals surface area contributed by atoms with Crippen molar-refractivity contribution in [2.45, 2.75) is 31.0 Å².